The van der Waals surface area contributed by atoms with Crippen LogP contribution in [0.2, 0.25) is 0 Å². The highest BCUT2D eigenvalue weighted by molar-refractivity contribution is 5.79. The maximum Gasteiger partial charge on any atom is 0.573 e. The van der Waals surface area contributed by atoms with Gasteiger partial charge in [-0.3, -0.25) is 0 Å². The summed E-state index contributed by atoms with van der Waals surface area (Å²) in [5.74, 6) is 0.343. The van der Waals surface area contributed by atoms with Gasteiger partial charge in [0.25, 0.3) is 0 Å². The van der Waals surface area contributed by atoms with Crippen molar-refractivity contribution in [1.29, 1.82) is 0 Å². The van der Waals surface area contributed by atoms with Crippen LogP contribution in [0.4, 0.5) is 13.2 Å². The fourth-order valence-corrected chi connectivity index (χ4v) is 1.97. The summed E-state index contributed by atoms with van der Waals surface area (Å²) < 4.78 is 41.3. The molecular weight excluding hydrogens is 321 g/mol. The van der Waals surface area contributed by atoms with Crippen molar-refractivity contribution in [3.63, 3.8) is 0 Å². The van der Waals surface area contributed by atoms with E-state index in [-0.39, 0.29) is 12.3 Å². The van der Waals surface area contributed by atoms with E-state index in [9.17, 15) is 13.2 Å². The number of nitrogens with one attached hydrogen (secondary N) is 2. The molecule has 0 aromatic heterocycles. The molecule has 1 aromatic carbocycles. The number of para-hydroxylation sites is 1. The van der Waals surface area contributed by atoms with Crippen molar-refractivity contribution in [3.8, 4) is 5.75 Å². The summed E-state index contributed by atoms with van der Waals surface area (Å²) in [4.78, 5) is 6.40. The molecule has 0 saturated carbocycles. The first kappa shape index (κ1) is 20.1. The van der Waals surface area contributed by atoms with Crippen LogP contribution in [-0.4, -0.2) is 51.0 Å². The molecular formula is C16H25F3N4O. The van der Waals surface area contributed by atoms with E-state index in [4.69, 9.17) is 0 Å². The first-order chi connectivity index (χ1) is 11.3. The molecule has 0 bridgehead atoms. The first-order valence-electron chi connectivity index (χ1n) is 7.82. The Balaban J connectivity index is 2.68. The van der Waals surface area contributed by atoms with E-state index in [1.165, 1.54) is 12.1 Å². The molecule has 0 radical (unpaired) electrons. The SMILES string of the molecule is CCNC(=NCc1ccccc1OC(F)(F)F)NCCCN(C)C. The Hall–Kier alpha value is -1.96. The van der Waals surface area contributed by atoms with E-state index in [2.05, 4.69) is 25.3 Å². The van der Waals surface area contributed by atoms with Crippen LogP contribution in [0.5, 0.6) is 5.75 Å². The third-order valence-corrected chi connectivity index (χ3v) is 3.02. The van der Waals surface area contributed by atoms with Gasteiger partial charge in [-0.1, -0.05) is 18.2 Å². The lowest BCUT2D eigenvalue weighted by Gasteiger charge is -2.14. The normalized spacial score (nSPS) is 12.4. The Morgan fingerprint density at radius 3 is 2.54 bits per heavy atom. The van der Waals surface area contributed by atoms with Crippen molar-refractivity contribution in [3.05, 3.63) is 29.8 Å². The molecule has 0 saturated heterocycles. The van der Waals surface area contributed by atoms with Gasteiger partial charge >= 0.3 is 6.36 Å². The summed E-state index contributed by atoms with van der Waals surface area (Å²) in [5, 5.41) is 6.23. The Bertz CT molecular complexity index is 518. The van der Waals surface area contributed by atoms with Crippen LogP contribution >= 0.6 is 0 Å². The predicted octanol–water partition coefficient (Wildman–Crippen LogP) is 2.59. The van der Waals surface area contributed by atoms with Gasteiger partial charge in [0.2, 0.25) is 0 Å². The minimum atomic E-state index is -4.71. The zero-order valence-corrected chi connectivity index (χ0v) is 14.3. The molecule has 0 fully saturated rings. The Kier molecular flexibility index (Phi) is 8.39. The molecule has 0 amide bonds. The lowest BCUT2D eigenvalue weighted by molar-refractivity contribution is -0.274. The van der Waals surface area contributed by atoms with Gasteiger partial charge in [0, 0.05) is 18.7 Å². The van der Waals surface area contributed by atoms with Crippen molar-refractivity contribution in [1.82, 2.24) is 15.5 Å². The van der Waals surface area contributed by atoms with E-state index in [1.807, 2.05) is 21.0 Å². The Labute approximate surface area is 140 Å². The second-order valence-corrected chi connectivity index (χ2v) is 5.43. The average Bonchev–Trinajstić information content (AvgIpc) is 2.48. The van der Waals surface area contributed by atoms with Crippen molar-refractivity contribution in [2.45, 2.75) is 26.3 Å². The Morgan fingerprint density at radius 1 is 1.21 bits per heavy atom. The average molecular weight is 346 g/mol. The van der Waals surface area contributed by atoms with Gasteiger partial charge in [0.1, 0.15) is 5.75 Å². The monoisotopic (exact) mass is 346 g/mol. The second kappa shape index (κ2) is 10.0. The van der Waals surface area contributed by atoms with E-state index in [0.717, 1.165) is 19.5 Å². The predicted molar refractivity (Wildman–Crippen MR) is 89.1 cm³/mol. The van der Waals surface area contributed by atoms with Crippen molar-refractivity contribution in [2.24, 2.45) is 4.99 Å². The number of aliphatic imine (C=N–C) groups is 1. The lowest BCUT2D eigenvalue weighted by Crippen LogP contribution is -2.38. The van der Waals surface area contributed by atoms with Gasteiger partial charge in [0.15, 0.2) is 5.96 Å². The number of guanidine groups is 1. The molecule has 24 heavy (non-hydrogen) atoms. The number of benzene rings is 1. The molecule has 0 aliphatic rings. The molecule has 2 N–H and O–H groups in total. The Morgan fingerprint density at radius 2 is 1.92 bits per heavy atom. The van der Waals surface area contributed by atoms with Crippen molar-refractivity contribution in [2.75, 3.05) is 33.7 Å². The number of hydrogen-bond donors (Lipinski definition) is 2. The van der Waals surface area contributed by atoms with Crippen LogP contribution in [0.25, 0.3) is 0 Å². The summed E-state index contributed by atoms with van der Waals surface area (Å²) in [5.41, 5.74) is 0.375. The standard InChI is InChI=1S/C16H25F3N4O/c1-4-20-15(21-10-7-11-23(2)3)22-12-13-8-5-6-9-14(13)24-16(17,18)19/h5-6,8-9H,4,7,10-12H2,1-3H3,(H2,20,21,22). The maximum absolute atomic E-state index is 12.4. The van der Waals surface area contributed by atoms with Crippen LogP contribution in [0, 0.1) is 0 Å². The molecule has 136 valence electrons. The summed E-state index contributed by atoms with van der Waals surface area (Å²) in [6, 6.07) is 6.01. The minimum absolute atomic E-state index is 0.0925. The summed E-state index contributed by atoms with van der Waals surface area (Å²) >= 11 is 0. The number of nitrogens with zero attached hydrogens (tertiary/aromatic N) is 2. The fraction of sp³-hybridized carbons (Fsp3) is 0.562. The third kappa shape index (κ3) is 8.61. The van der Waals surface area contributed by atoms with Gasteiger partial charge in [0.05, 0.1) is 6.54 Å². The number of alkyl halides is 3. The zero-order chi connectivity index (χ0) is 18.0. The molecule has 0 unspecified atom stereocenters. The van der Waals surface area contributed by atoms with Crippen LogP contribution in [0.15, 0.2) is 29.3 Å². The molecule has 0 aliphatic carbocycles. The summed E-state index contributed by atoms with van der Waals surface area (Å²) in [6.45, 7) is 4.35. The van der Waals surface area contributed by atoms with E-state index in [0.29, 0.717) is 18.1 Å². The van der Waals surface area contributed by atoms with Crippen molar-refractivity contribution < 1.29 is 17.9 Å². The first-order valence-corrected chi connectivity index (χ1v) is 7.82. The van der Waals surface area contributed by atoms with Gasteiger partial charge in [-0.05, 0) is 40.1 Å². The zero-order valence-electron chi connectivity index (χ0n) is 14.3. The van der Waals surface area contributed by atoms with Crippen LogP contribution < -0.4 is 15.4 Å². The fourth-order valence-electron chi connectivity index (χ4n) is 1.97. The van der Waals surface area contributed by atoms with Gasteiger partial charge < -0.3 is 20.3 Å². The largest absolute Gasteiger partial charge is 0.573 e. The van der Waals surface area contributed by atoms with E-state index < -0.39 is 6.36 Å². The topological polar surface area (TPSA) is 48.9 Å². The third-order valence-electron chi connectivity index (χ3n) is 3.02. The highest BCUT2D eigenvalue weighted by Crippen LogP contribution is 2.26. The second-order valence-electron chi connectivity index (χ2n) is 5.43. The molecule has 0 atom stereocenters. The van der Waals surface area contributed by atoms with Gasteiger partial charge in [-0.2, -0.15) is 0 Å². The highest BCUT2D eigenvalue weighted by atomic mass is 19.4. The number of halogens is 3. The number of ether oxygens (including phenoxy) is 1. The van der Waals surface area contributed by atoms with Crippen molar-refractivity contribution >= 4 is 5.96 Å². The number of hydrogen-bond acceptors (Lipinski definition) is 3. The molecule has 0 aliphatic heterocycles. The molecule has 1 rings (SSSR count). The van der Waals surface area contributed by atoms with Crippen LogP contribution in [0.3, 0.4) is 0 Å². The molecule has 0 heterocycles. The molecule has 8 heteroatoms. The van der Waals surface area contributed by atoms with E-state index in [1.54, 1.807) is 12.1 Å². The highest BCUT2D eigenvalue weighted by Gasteiger charge is 2.31. The lowest BCUT2D eigenvalue weighted by atomic mass is 10.2. The van der Waals surface area contributed by atoms with Gasteiger partial charge in [-0.15, -0.1) is 13.2 Å². The van der Waals surface area contributed by atoms with Gasteiger partial charge in [-0.25, -0.2) is 4.99 Å². The molecule has 1 aromatic rings. The smallest absolute Gasteiger partial charge is 0.405 e. The quantitative estimate of drug-likeness (QED) is 0.432. The van der Waals surface area contributed by atoms with Crippen LogP contribution in [0.1, 0.15) is 18.9 Å². The van der Waals surface area contributed by atoms with E-state index >= 15 is 0 Å². The summed E-state index contributed by atoms with van der Waals surface area (Å²) in [7, 11) is 3.99. The minimum Gasteiger partial charge on any atom is -0.405 e. The number of rotatable bonds is 8. The molecule has 5 nitrogen and oxygen atoms in total. The van der Waals surface area contributed by atoms with Crippen LogP contribution in [-0.2, 0) is 6.54 Å². The maximum atomic E-state index is 12.4. The summed E-state index contributed by atoms with van der Waals surface area (Å²) in [6.07, 6.45) is -3.78. The molecule has 0 spiro atoms.